The topological polar surface area (TPSA) is 43.9 Å². The number of carbonyl (C=O) groups excluding carboxylic acids is 2. The minimum absolute atomic E-state index is 0.0664. The smallest absolute Gasteiger partial charge is 0.341 e. The van der Waals surface area contributed by atoms with Gasteiger partial charge in [-0.3, -0.25) is 14.5 Å². The van der Waals surface area contributed by atoms with Crippen LogP contribution in [0.5, 0.6) is 0 Å². The number of carbonyl (C=O) groups is 2. The molecule has 2 aromatic carbocycles. The number of hydrogen-bond donors (Lipinski definition) is 0. The molecule has 5 rings (SSSR count). The van der Waals surface area contributed by atoms with Gasteiger partial charge in [0, 0.05) is 56.1 Å². The first-order valence-electron chi connectivity index (χ1n) is 12.9. The van der Waals surface area contributed by atoms with Crippen molar-refractivity contribution < 1.29 is 22.8 Å². The monoisotopic (exact) mass is 541 g/mol. The Bertz CT molecular complexity index is 1260. The van der Waals surface area contributed by atoms with Crippen molar-refractivity contribution in [1.29, 1.82) is 0 Å². The third-order valence-corrected chi connectivity index (χ3v) is 8.39. The summed E-state index contributed by atoms with van der Waals surface area (Å²) in [5, 5.41) is 2.14. The fraction of sp³-hybridized carbons (Fsp3) is 0.379. The van der Waals surface area contributed by atoms with Gasteiger partial charge in [0.05, 0.1) is 11.6 Å². The highest BCUT2D eigenvalue weighted by Gasteiger charge is 2.32. The molecule has 1 fully saturated rings. The number of rotatable bonds is 5. The van der Waals surface area contributed by atoms with E-state index < -0.39 is 11.7 Å². The molecule has 1 unspecified atom stereocenters. The van der Waals surface area contributed by atoms with Crippen LogP contribution >= 0.6 is 11.3 Å². The first-order chi connectivity index (χ1) is 18.3. The first-order valence-corrected chi connectivity index (χ1v) is 13.8. The molecule has 2 aliphatic rings. The molecule has 200 valence electrons. The summed E-state index contributed by atoms with van der Waals surface area (Å²) in [5.41, 5.74) is 2.00. The van der Waals surface area contributed by atoms with E-state index in [1.165, 1.54) is 28.1 Å². The van der Waals surface area contributed by atoms with E-state index in [9.17, 15) is 22.8 Å². The second-order valence-electron chi connectivity index (χ2n) is 9.75. The van der Waals surface area contributed by atoms with Crippen molar-refractivity contribution >= 4 is 23.2 Å². The molecule has 2 aliphatic heterocycles. The SMILES string of the molecule is O=C(CCN1CCc2sccc2C1c1ccccc1)N1CCCN(C(=O)c2ccc(C(F)(F)F)cc2)CC1. The van der Waals surface area contributed by atoms with Gasteiger partial charge in [0.25, 0.3) is 5.91 Å². The van der Waals surface area contributed by atoms with Crippen molar-refractivity contribution in [3.63, 3.8) is 0 Å². The molecule has 9 heteroatoms. The molecule has 1 atom stereocenters. The lowest BCUT2D eigenvalue weighted by Crippen LogP contribution is -2.40. The van der Waals surface area contributed by atoms with E-state index in [1.807, 2.05) is 23.1 Å². The molecule has 0 aliphatic carbocycles. The second-order valence-corrected chi connectivity index (χ2v) is 10.8. The van der Waals surface area contributed by atoms with Crippen molar-refractivity contribution in [2.24, 2.45) is 0 Å². The molecular weight excluding hydrogens is 511 g/mol. The van der Waals surface area contributed by atoms with Gasteiger partial charge in [-0.15, -0.1) is 11.3 Å². The highest BCUT2D eigenvalue weighted by atomic mass is 32.1. The van der Waals surface area contributed by atoms with Gasteiger partial charge in [-0.2, -0.15) is 13.2 Å². The fourth-order valence-electron chi connectivity index (χ4n) is 5.39. The molecular formula is C29H30F3N3O2S. The molecule has 0 saturated carbocycles. The second kappa shape index (κ2) is 11.3. The number of alkyl halides is 3. The van der Waals surface area contributed by atoms with Gasteiger partial charge in [-0.25, -0.2) is 0 Å². The summed E-state index contributed by atoms with van der Waals surface area (Å²) < 4.78 is 38.6. The van der Waals surface area contributed by atoms with Crippen molar-refractivity contribution in [2.75, 3.05) is 39.3 Å². The number of nitrogens with zero attached hydrogens (tertiary/aromatic N) is 3. The Morgan fingerprint density at radius 2 is 1.58 bits per heavy atom. The van der Waals surface area contributed by atoms with Crippen LogP contribution in [0.4, 0.5) is 13.2 Å². The van der Waals surface area contributed by atoms with Gasteiger partial charge in [0.15, 0.2) is 0 Å². The van der Waals surface area contributed by atoms with Crippen LogP contribution in [0, 0.1) is 0 Å². The van der Waals surface area contributed by atoms with E-state index in [-0.39, 0.29) is 23.4 Å². The van der Waals surface area contributed by atoms with E-state index in [0.29, 0.717) is 45.6 Å². The minimum atomic E-state index is -4.44. The van der Waals surface area contributed by atoms with E-state index in [0.717, 1.165) is 25.1 Å². The Morgan fingerprint density at radius 1 is 0.868 bits per heavy atom. The molecule has 3 heterocycles. The minimum Gasteiger partial charge on any atom is -0.341 e. The average Bonchev–Trinajstić information content (AvgIpc) is 3.27. The normalized spacial score (nSPS) is 18.7. The highest BCUT2D eigenvalue weighted by molar-refractivity contribution is 7.10. The zero-order chi connectivity index (χ0) is 26.7. The summed E-state index contributed by atoms with van der Waals surface area (Å²) in [6.07, 6.45) is -2.43. The van der Waals surface area contributed by atoms with E-state index >= 15 is 0 Å². The number of amides is 2. The largest absolute Gasteiger partial charge is 0.416 e. The molecule has 3 aromatic rings. The van der Waals surface area contributed by atoms with Gasteiger partial charge in [-0.1, -0.05) is 30.3 Å². The Labute approximate surface area is 224 Å². The lowest BCUT2D eigenvalue weighted by molar-refractivity contribution is -0.137. The van der Waals surface area contributed by atoms with Crippen LogP contribution < -0.4 is 0 Å². The summed E-state index contributed by atoms with van der Waals surface area (Å²) in [4.78, 5) is 33.4. The standard InChI is InChI=1S/C29H30F3N3O2S/c30-29(31,32)23-9-7-22(8-10-23)28(37)35-15-4-14-33(18-19-35)26(36)12-17-34-16-11-25-24(13-20-38-25)27(34)21-5-2-1-3-6-21/h1-3,5-10,13,20,27H,4,11-12,14-19H2. The zero-order valence-electron chi connectivity index (χ0n) is 21.0. The van der Waals surface area contributed by atoms with Crippen LogP contribution in [-0.4, -0.2) is 65.8 Å². The molecule has 0 N–H and O–H groups in total. The number of fused-ring (bicyclic) bond motifs is 1. The van der Waals surface area contributed by atoms with Gasteiger partial charge in [-0.05, 0) is 59.7 Å². The Morgan fingerprint density at radius 3 is 2.32 bits per heavy atom. The predicted molar refractivity (Wildman–Crippen MR) is 141 cm³/mol. The molecule has 1 aromatic heterocycles. The van der Waals surface area contributed by atoms with Crippen molar-refractivity contribution in [3.05, 3.63) is 93.2 Å². The summed E-state index contributed by atoms with van der Waals surface area (Å²) in [7, 11) is 0. The molecule has 5 nitrogen and oxygen atoms in total. The predicted octanol–water partition coefficient (Wildman–Crippen LogP) is 5.48. The van der Waals surface area contributed by atoms with E-state index in [1.54, 1.807) is 16.2 Å². The number of hydrogen-bond acceptors (Lipinski definition) is 4. The summed E-state index contributed by atoms with van der Waals surface area (Å²) in [6, 6.07) is 17.0. The Kier molecular flexibility index (Phi) is 7.85. The quantitative estimate of drug-likeness (QED) is 0.430. The molecule has 2 amide bonds. The maximum Gasteiger partial charge on any atom is 0.416 e. The fourth-order valence-corrected chi connectivity index (χ4v) is 6.29. The van der Waals surface area contributed by atoms with Crippen molar-refractivity contribution in [2.45, 2.75) is 31.5 Å². The average molecular weight is 542 g/mol. The lowest BCUT2D eigenvalue weighted by atomic mass is 9.93. The zero-order valence-corrected chi connectivity index (χ0v) is 21.8. The van der Waals surface area contributed by atoms with Crippen molar-refractivity contribution in [1.82, 2.24) is 14.7 Å². The summed E-state index contributed by atoms with van der Waals surface area (Å²) in [5.74, 6) is -0.240. The van der Waals surface area contributed by atoms with Crippen LogP contribution in [0.15, 0.2) is 66.0 Å². The molecule has 38 heavy (non-hydrogen) atoms. The number of thiophene rings is 1. The molecule has 0 radical (unpaired) electrons. The first kappa shape index (κ1) is 26.4. The van der Waals surface area contributed by atoms with Crippen LogP contribution in [-0.2, 0) is 17.4 Å². The third kappa shape index (κ3) is 5.78. The molecule has 1 saturated heterocycles. The number of benzene rings is 2. The summed E-state index contributed by atoms with van der Waals surface area (Å²) in [6.45, 7) is 3.36. The number of halogens is 3. The lowest BCUT2D eigenvalue weighted by Gasteiger charge is -2.36. The van der Waals surface area contributed by atoms with Gasteiger partial charge in [0.1, 0.15) is 0 Å². The van der Waals surface area contributed by atoms with Crippen LogP contribution in [0.3, 0.4) is 0 Å². The third-order valence-electron chi connectivity index (χ3n) is 7.39. The molecule has 0 spiro atoms. The van der Waals surface area contributed by atoms with Crippen LogP contribution in [0.25, 0.3) is 0 Å². The maximum absolute atomic E-state index is 13.2. The Balaban J connectivity index is 1.18. The van der Waals surface area contributed by atoms with Gasteiger partial charge >= 0.3 is 6.18 Å². The van der Waals surface area contributed by atoms with Crippen molar-refractivity contribution in [3.8, 4) is 0 Å². The van der Waals surface area contributed by atoms with Gasteiger partial charge < -0.3 is 9.80 Å². The van der Waals surface area contributed by atoms with Crippen LogP contribution in [0.1, 0.15) is 50.8 Å². The van der Waals surface area contributed by atoms with Crippen LogP contribution in [0.2, 0.25) is 0 Å². The summed E-state index contributed by atoms with van der Waals surface area (Å²) >= 11 is 1.79. The Hall–Kier alpha value is -3.17. The highest BCUT2D eigenvalue weighted by Crippen LogP contribution is 2.37. The van der Waals surface area contributed by atoms with Gasteiger partial charge in [0.2, 0.25) is 5.91 Å². The molecule has 0 bridgehead atoms. The van der Waals surface area contributed by atoms with E-state index in [4.69, 9.17) is 0 Å². The van der Waals surface area contributed by atoms with E-state index in [2.05, 4.69) is 28.5 Å². The maximum atomic E-state index is 13.2.